The van der Waals surface area contributed by atoms with Crippen LogP contribution in [0.5, 0.6) is 0 Å². The molecule has 2 amide bonds. The van der Waals surface area contributed by atoms with E-state index in [1.54, 1.807) is 18.2 Å². The quantitative estimate of drug-likeness (QED) is 0.593. The van der Waals surface area contributed by atoms with Crippen molar-refractivity contribution in [2.45, 2.75) is 24.7 Å². The third kappa shape index (κ3) is 5.70. The van der Waals surface area contributed by atoms with Gasteiger partial charge >= 0.3 is 6.18 Å². The fourth-order valence-electron chi connectivity index (χ4n) is 2.40. The first kappa shape index (κ1) is 22.2. The predicted octanol–water partition coefficient (Wildman–Crippen LogP) is 3.37. The smallest absolute Gasteiger partial charge is 0.378 e. The van der Waals surface area contributed by atoms with Gasteiger partial charge in [-0.05, 0) is 41.5 Å². The largest absolute Gasteiger partial charge is 0.416 e. The van der Waals surface area contributed by atoms with Crippen molar-refractivity contribution in [1.29, 1.82) is 0 Å². The standard InChI is InChI=1S/C18H15BrClF3N2O3/c19-13-6-5-12(20)7-10(13)8-14(16(24)27)25-17(28)15(26)9-1-3-11(4-2-9)18(21,22)23/h1-7,14-15,26H,8H2,(H2,24,27)(H,25,28)/t14-,15-/m1/s1. The zero-order valence-corrected chi connectivity index (χ0v) is 16.5. The van der Waals surface area contributed by atoms with Crippen molar-refractivity contribution < 1.29 is 27.9 Å². The van der Waals surface area contributed by atoms with Crippen LogP contribution in [0.25, 0.3) is 0 Å². The van der Waals surface area contributed by atoms with Crippen molar-refractivity contribution >= 4 is 39.3 Å². The number of nitrogens with one attached hydrogen (secondary N) is 1. The van der Waals surface area contributed by atoms with E-state index in [2.05, 4.69) is 21.2 Å². The van der Waals surface area contributed by atoms with E-state index in [-0.39, 0.29) is 12.0 Å². The molecule has 0 saturated carbocycles. The number of halogens is 5. The molecule has 10 heteroatoms. The molecule has 0 saturated heterocycles. The number of aliphatic hydroxyl groups is 1. The maximum Gasteiger partial charge on any atom is 0.416 e. The number of alkyl halides is 3. The van der Waals surface area contributed by atoms with E-state index in [1.165, 1.54) is 0 Å². The summed E-state index contributed by atoms with van der Waals surface area (Å²) in [5.41, 5.74) is 4.95. The number of primary amides is 1. The molecular formula is C18H15BrClF3N2O3. The van der Waals surface area contributed by atoms with E-state index in [1.807, 2.05) is 0 Å². The molecule has 5 nitrogen and oxygen atoms in total. The van der Waals surface area contributed by atoms with Crippen molar-refractivity contribution in [2.75, 3.05) is 0 Å². The van der Waals surface area contributed by atoms with Gasteiger partial charge in [-0.2, -0.15) is 13.2 Å². The molecule has 0 radical (unpaired) electrons. The Morgan fingerprint density at radius 1 is 1.18 bits per heavy atom. The monoisotopic (exact) mass is 478 g/mol. The number of hydrogen-bond acceptors (Lipinski definition) is 3. The highest BCUT2D eigenvalue weighted by Gasteiger charge is 2.31. The highest BCUT2D eigenvalue weighted by Crippen LogP contribution is 2.30. The van der Waals surface area contributed by atoms with Crippen LogP contribution in [0.1, 0.15) is 22.8 Å². The summed E-state index contributed by atoms with van der Waals surface area (Å²) < 4.78 is 38.4. The van der Waals surface area contributed by atoms with E-state index in [0.717, 1.165) is 24.3 Å². The van der Waals surface area contributed by atoms with Gasteiger partial charge in [0.15, 0.2) is 6.10 Å². The van der Waals surface area contributed by atoms with Gasteiger partial charge in [0.1, 0.15) is 6.04 Å². The number of rotatable bonds is 6. The van der Waals surface area contributed by atoms with Crippen molar-refractivity contribution in [2.24, 2.45) is 5.73 Å². The number of aliphatic hydroxyl groups excluding tert-OH is 1. The summed E-state index contributed by atoms with van der Waals surface area (Å²) in [6.07, 6.45) is -6.30. The molecule has 0 aromatic heterocycles. The number of nitrogens with two attached hydrogens (primary N) is 1. The van der Waals surface area contributed by atoms with Gasteiger partial charge in [0.25, 0.3) is 5.91 Å². The maximum absolute atomic E-state index is 12.6. The Balaban J connectivity index is 2.13. The molecular weight excluding hydrogens is 465 g/mol. The Morgan fingerprint density at radius 2 is 1.79 bits per heavy atom. The highest BCUT2D eigenvalue weighted by molar-refractivity contribution is 9.10. The van der Waals surface area contributed by atoms with Crippen LogP contribution in [0.15, 0.2) is 46.9 Å². The molecule has 2 atom stereocenters. The average Bonchev–Trinajstić information content (AvgIpc) is 2.62. The predicted molar refractivity (Wildman–Crippen MR) is 100 cm³/mol. The van der Waals surface area contributed by atoms with E-state index < -0.39 is 35.7 Å². The van der Waals surface area contributed by atoms with Crippen LogP contribution in [-0.4, -0.2) is 23.0 Å². The zero-order chi connectivity index (χ0) is 21.1. The average molecular weight is 480 g/mol. The highest BCUT2D eigenvalue weighted by atomic mass is 79.9. The zero-order valence-electron chi connectivity index (χ0n) is 14.1. The third-order valence-electron chi connectivity index (χ3n) is 3.89. The summed E-state index contributed by atoms with van der Waals surface area (Å²) in [4.78, 5) is 24.0. The molecule has 28 heavy (non-hydrogen) atoms. The first-order valence-electron chi connectivity index (χ1n) is 7.88. The lowest BCUT2D eigenvalue weighted by Gasteiger charge is -2.19. The van der Waals surface area contributed by atoms with Gasteiger partial charge in [0.2, 0.25) is 5.91 Å². The number of carbonyl (C=O) groups is 2. The second-order valence-corrected chi connectivity index (χ2v) is 7.22. The van der Waals surface area contributed by atoms with Gasteiger partial charge in [-0.1, -0.05) is 39.7 Å². The van der Waals surface area contributed by atoms with Crippen molar-refractivity contribution in [3.63, 3.8) is 0 Å². The van der Waals surface area contributed by atoms with Gasteiger partial charge in [-0.3, -0.25) is 9.59 Å². The van der Waals surface area contributed by atoms with Crippen LogP contribution in [0.2, 0.25) is 5.02 Å². The fourth-order valence-corrected chi connectivity index (χ4v) is 3.00. The van der Waals surface area contributed by atoms with Crippen LogP contribution in [0.3, 0.4) is 0 Å². The topological polar surface area (TPSA) is 92.4 Å². The van der Waals surface area contributed by atoms with Crippen LogP contribution >= 0.6 is 27.5 Å². The molecule has 4 N–H and O–H groups in total. The molecule has 0 spiro atoms. The lowest BCUT2D eigenvalue weighted by molar-refractivity contribution is -0.137. The Kier molecular flexibility index (Phi) is 7.08. The first-order valence-corrected chi connectivity index (χ1v) is 9.05. The van der Waals surface area contributed by atoms with Gasteiger partial charge < -0.3 is 16.2 Å². The molecule has 0 heterocycles. The minimum Gasteiger partial charge on any atom is -0.378 e. The van der Waals surface area contributed by atoms with Gasteiger partial charge in [0.05, 0.1) is 5.56 Å². The van der Waals surface area contributed by atoms with Crippen molar-refractivity contribution in [3.05, 3.63) is 68.7 Å². The fraction of sp³-hybridized carbons (Fsp3) is 0.222. The van der Waals surface area contributed by atoms with Crippen LogP contribution < -0.4 is 11.1 Å². The summed E-state index contributed by atoms with van der Waals surface area (Å²) in [6.45, 7) is 0. The van der Waals surface area contributed by atoms with E-state index in [0.29, 0.717) is 15.1 Å². The lowest BCUT2D eigenvalue weighted by atomic mass is 10.0. The molecule has 0 bridgehead atoms. The number of benzene rings is 2. The Labute approximate surface area is 171 Å². The Hall–Kier alpha value is -2.10. The number of amides is 2. The second-order valence-electron chi connectivity index (χ2n) is 5.93. The molecule has 2 aromatic rings. The molecule has 0 aliphatic carbocycles. The second kappa shape index (κ2) is 8.93. The third-order valence-corrected chi connectivity index (χ3v) is 4.90. The summed E-state index contributed by atoms with van der Waals surface area (Å²) >= 11 is 9.21. The van der Waals surface area contributed by atoms with Gasteiger partial charge in [0, 0.05) is 15.9 Å². The molecule has 2 aromatic carbocycles. The van der Waals surface area contributed by atoms with E-state index in [4.69, 9.17) is 17.3 Å². The maximum atomic E-state index is 12.6. The molecule has 0 aliphatic heterocycles. The van der Waals surface area contributed by atoms with Crippen LogP contribution in [-0.2, 0) is 22.2 Å². The summed E-state index contributed by atoms with van der Waals surface area (Å²) in [5.74, 6) is -1.82. The van der Waals surface area contributed by atoms with E-state index >= 15 is 0 Å². The Morgan fingerprint density at radius 3 is 2.32 bits per heavy atom. The van der Waals surface area contributed by atoms with Crippen molar-refractivity contribution in [1.82, 2.24) is 5.32 Å². The minimum absolute atomic E-state index is 0.00193. The normalized spacial score (nSPS) is 13.6. The number of hydrogen-bond donors (Lipinski definition) is 3. The van der Waals surface area contributed by atoms with Crippen LogP contribution in [0, 0.1) is 0 Å². The molecule has 0 aliphatic rings. The molecule has 0 fully saturated rings. The first-order chi connectivity index (χ1) is 13.0. The van der Waals surface area contributed by atoms with Crippen LogP contribution in [0.4, 0.5) is 13.2 Å². The molecule has 150 valence electrons. The minimum atomic E-state index is -4.53. The summed E-state index contributed by atoms with van der Waals surface area (Å²) in [7, 11) is 0. The van der Waals surface area contributed by atoms with Crippen molar-refractivity contribution in [3.8, 4) is 0 Å². The summed E-state index contributed by atoms with van der Waals surface area (Å²) in [5, 5.41) is 12.8. The number of carbonyl (C=O) groups excluding carboxylic acids is 2. The summed E-state index contributed by atoms with van der Waals surface area (Å²) in [6, 6.07) is 7.18. The van der Waals surface area contributed by atoms with Gasteiger partial charge in [-0.15, -0.1) is 0 Å². The molecule has 2 rings (SSSR count). The lowest BCUT2D eigenvalue weighted by Crippen LogP contribution is -2.47. The van der Waals surface area contributed by atoms with Gasteiger partial charge in [-0.25, -0.2) is 0 Å². The SMILES string of the molecule is NC(=O)[C@@H](Cc1cc(Cl)ccc1Br)NC(=O)[C@H](O)c1ccc(C(F)(F)F)cc1. The Bertz CT molecular complexity index is 875. The molecule has 0 unspecified atom stereocenters. The van der Waals surface area contributed by atoms with E-state index in [9.17, 15) is 27.9 Å².